The van der Waals surface area contributed by atoms with Crippen molar-refractivity contribution in [3.63, 3.8) is 0 Å². The van der Waals surface area contributed by atoms with Crippen LogP contribution >= 0.6 is 0 Å². The number of hydrogen-bond acceptors (Lipinski definition) is 5. The molecule has 2 heterocycles. The Labute approximate surface area is 147 Å². The van der Waals surface area contributed by atoms with E-state index < -0.39 is 10.0 Å². The molecule has 25 heavy (non-hydrogen) atoms. The second-order valence-corrected chi connectivity index (χ2v) is 8.17. The second kappa shape index (κ2) is 6.64. The predicted octanol–water partition coefficient (Wildman–Crippen LogP) is 0.283. The molecule has 1 fully saturated rings. The van der Waals surface area contributed by atoms with E-state index in [1.54, 1.807) is 11.0 Å². The van der Waals surface area contributed by atoms with E-state index >= 15 is 0 Å². The van der Waals surface area contributed by atoms with Crippen molar-refractivity contribution in [2.24, 2.45) is 0 Å². The Morgan fingerprint density at radius 1 is 1.24 bits per heavy atom. The van der Waals surface area contributed by atoms with Crippen molar-refractivity contribution >= 4 is 28.0 Å². The van der Waals surface area contributed by atoms with Gasteiger partial charge in [0.05, 0.1) is 17.1 Å². The highest BCUT2D eigenvalue weighted by molar-refractivity contribution is 7.89. The Morgan fingerprint density at radius 2 is 1.92 bits per heavy atom. The Morgan fingerprint density at radius 3 is 2.52 bits per heavy atom. The fraction of sp³-hybridized carbons (Fsp3) is 0.500. The average Bonchev–Trinajstić information content (AvgIpc) is 2.60. The summed E-state index contributed by atoms with van der Waals surface area (Å²) < 4.78 is 32.8. The maximum Gasteiger partial charge on any atom is 0.243 e. The quantitative estimate of drug-likeness (QED) is 0.717. The molecule has 9 heteroatoms. The normalized spacial score (nSPS) is 21.4. The van der Waals surface area contributed by atoms with E-state index in [1.807, 2.05) is 6.92 Å². The van der Waals surface area contributed by atoms with Crippen molar-refractivity contribution in [3.05, 3.63) is 18.2 Å². The summed E-state index contributed by atoms with van der Waals surface area (Å²) in [6.07, 6.45) is 0.571. The molecular weight excluding hydrogens is 346 g/mol. The lowest BCUT2D eigenvalue weighted by molar-refractivity contribution is -0.119. The molecule has 1 saturated heterocycles. The number of nitrogens with zero attached hydrogens (tertiary/aromatic N) is 3. The first-order valence-corrected chi connectivity index (χ1v) is 9.55. The first-order valence-electron chi connectivity index (χ1n) is 8.11. The van der Waals surface area contributed by atoms with Gasteiger partial charge in [-0.1, -0.05) is 0 Å². The van der Waals surface area contributed by atoms with Gasteiger partial charge in [-0.25, -0.2) is 8.42 Å². The van der Waals surface area contributed by atoms with E-state index in [0.29, 0.717) is 31.1 Å². The zero-order valence-electron chi connectivity index (χ0n) is 14.2. The molecule has 0 bridgehead atoms. The second-order valence-electron chi connectivity index (χ2n) is 6.23. The first kappa shape index (κ1) is 17.7. The van der Waals surface area contributed by atoms with Gasteiger partial charge in [0.2, 0.25) is 22.3 Å². The van der Waals surface area contributed by atoms with Crippen LogP contribution in [-0.2, 0) is 19.6 Å². The van der Waals surface area contributed by atoms with Crippen LogP contribution in [0.25, 0.3) is 0 Å². The Kier molecular flexibility index (Phi) is 4.70. The number of rotatable bonds is 3. The number of piperazine rings is 1. The van der Waals surface area contributed by atoms with Crippen molar-refractivity contribution in [2.75, 3.05) is 37.6 Å². The molecule has 1 aromatic carbocycles. The van der Waals surface area contributed by atoms with Gasteiger partial charge in [0.1, 0.15) is 11.9 Å². The van der Waals surface area contributed by atoms with Crippen molar-refractivity contribution in [3.8, 4) is 5.75 Å². The summed E-state index contributed by atoms with van der Waals surface area (Å²) in [7, 11) is -3.69. The van der Waals surface area contributed by atoms with Crippen LogP contribution in [0.5, 0.6) is 5.75 Å². The molecule has 0 aromatic heterocycles. The lowest BCUT2D eigenvalue weighted by Gasteiger charge is -2.34. The Balaban J connectivity index is 1.92. The molecule has 1 atom stereocenters. The fourth-order valence-electron chi connectivity index (χ4n) is 3.07. The summed E-state index contributed by atoms with van der Waals surface area (Å²) in [6.45, 7) is 4.92. The van der Waals surface area contributed by atoms with Gasteiger partial charge in [-0.3, -0.25) is 9.59 Å². The van der Waals surface area contributed by atoms with Gasteiger partial charge in [-0.2, -0.15) is 4.31 Å². The molecule has 0 radical (unpaired) electrons. The van der Waals surface area contributed by atoms with Gasteiger partial charge in [0.15, 0.2) is 0 Å². The van der Waals surface area contributed by atoms with Gasteiger partial charge >= 0.3 is 0 Å². The molecule has 2 aliphatic heterocycles. The third-order valence-corrected chi connectivity index (χ3v) is 6.32. The van der Waals surface area contributed by atoms with E-state index in [0.717, 1.165) is 6.41 Å². The maximum absolute atomic E-state index is 12.9. The van der Waals surface area contributed by atoms with E-state index in [1.165, 1.54) is 28.3 Å². The smallest absolute Gasteiger partial charge is 0.243 e. The summed E-state index contributed by atoms with van der Waals surface area (Å²) >= 11 is 0. The molecule has 1 unspecified atom stereocenters. The number of anilines is 1. The number of carbonyl (C=O) groups is 2. The zero-order chi connectivity index (χ0) is 18.2. The first-order chi connectivity index (χ1) is 11.8. The van der Waals surface area contributed by atoms with Crippen LogP contribution in [0.2, 0.25) is 0 Å². The number of benzene rings is 1. The molecular formula is C16H21N3O5S. The topological polar surface area (TPSA) is 87.2 Å². The molecule has 0 N–H and O–H groups in total. The third kappa shape index (κ3) is 3.34. The monoisotopic (exact) mass is 367 g/mol. The molecule has 0 saturated carbocycles. The molecule has 2 aliphatic rings. The number of ether oxygens (including phenoxy) is 1. The van der Waals surface area contributed by atoms with Gasteiger partial charge in [0, 0.05) is 33.1 Å². The summed E-state index contributed by atoms with van der Waals surface area (Å²) in [4.78, 5) is 25.9. The maximum atomic E-state index is 12.9. The number of carbonyl (C=O) groups excluding carboxylic acids is 2. The number of sulfonamides is 1. The zero-order valence-corrected chi connectivity index (χ0v) is 15.0. The number of fused-ring (bicyclic) bond motifs is 1. The predicted molar refractivity (Wildman–Crippen MR) is 91.0 cm³/mol. The highest BCUT2D eigenvalue weighted by atomic mass is 32.2. The van der Waals surface area contributed by atoms with Crippen LogP contribution in [0.4, 0.5) is 5.69 Å². The van der Waals surface area contributed by atoms with E-state index in [9.17, 15) is 18.0 Å². The standard InChI is InChI=1S/C16H21N3O5S/c1-12-10-19(13(2)21)15-9-14(3-4-16(15)24-12)25(22,23)18-7-5-17(11-20)6-8-18/h3-4,9,11-12H,5-8,10H2,1-2H3. The van der Waals surface area contributed by atoms with Crippen molar-refractivity contribution in [1.82, 2.24) is 9.21 Å². The summed E-state index contributed by atoms with van der Waals surface area (Å²) in [6, 6.07) is 4.58. The molecule has 8 nitrogen and oxygen atoms in total. The largest absolute Gasteiger partial charge is 0.487 e. The van der Waals surface area contributed by atoms with Crippen LogP contribution in [0, 0.1) is 0 Å². The van der Waals surface area contributed by atoms with Crippen LogP contribution in [-0.4, -0.2) is 68.8 Å². The highest BCUT2D eigenvalue weighted by Crippen LogP contribution is 2.36. The van der Waals surface area contributed by atoms with Crippen LogP contribution in [0.3, 0.4) is 0 Å². The highest BCUT2D eigenvalue weighted by Gasteiger charge is 2.31. The molecule has 2 amide bonds. The lowest BCUT2D eigenvalue weighted by atomic mass is 10.2. The summed E-state index contributed by atoms with van der Waals surface area (Å²) in [5.74, 6) is 0.337. The van der Waals surface area contributed by atoms with Crippen molar-refractivity contribution in [2.45, 2.75) is 24.8 Å². The minimum atomic E-state index is -3.69. The van der Waals surface area contributed by atoms with Gasteiger partial charge in [-0.05, 0) is 25.1 Å². The molecule has 0 spiro atoms. The third-order valence-electron chi connectivity index (χ3n) is 4.43. The SMILES string of the molecule is CC(=O)N1CC(C)Oc2ccc(S(=O)(=O)N3CCN(C=O)CC3)cc21. The fourth-order valence-corrected chi connectivity index (χ4v) is 4.52. The summed E-state index contributed by atoms with van der Waals surface area (Å²) in [5, 5.41) is 0. The van der Waals surface area contributed by atoms with E-state index in [4.69, 9.17) is 4.74 Å². The number of amides is 2. The van der Waals surface area contributed by atoms with Gasteiger partial charge in [-0.15, -0.1) is 0 Å². The molecule has 136 valence electrons. The molecule has 1 aromatic rings. The Hall–Kier alpha value is -2.13. The minimum Gasteiger partial charge on any atom is -0.487 e. The Bertz CT molecular complexity index is 787. The van der Waals surface area contributed by atoms with Crippen LogP contribution < -0.4 is 9.64 Å². The average molecular weight is 367 g/mol. The number of hydrogen-bond donors (Lipinski definition) is 0. The van der Waals surface area contributed by atoms with Gasteiger partial charge < -0.3 is 14.5 Å². The van der Waals surface area contributed by atoms with Crippen molar-refractivity contribution < 1.29 is 22.7 Å². The van der Waals surface area contributed by atoms with E-state index in [2.05, 4.69) is 0 Å². The summed E-state index contributed by atoms with van der Waals surface area (Å²) in [5.41, 5.74) is 0.471. The van der Waals surface area contributed by atoms with Crippen molar-refractivity contribution in [1.29, 1.82) is 0 Å². The van der Waals surface area contributed by atoms with Gasteiger partial charge in [0.25, 0.3) is 0 Å². The molecule has 3 rings (SSSR count). The van der Waals surface area contributed by atoms with Crippen LogP contribution in [0.1, 0.15) is 13.8 Å². The lowest BCUT2D eigenvalue weighted by Crippen LogP contribution is -2.48. The molecule has 0 aliphatic carbocycles. The van der Waals surface area contributed by atoms with Crippen LogP contribution in [0.15, 0.2) is 23.1 Å². The minimum absolute atomic E-state index is 0.121. The van der Waals surface area contributed by atoms with E-state index in [-0.39, 0.29) is 30.0 Å².